The Morgan fingerprint density at radius 3 is 2.57 bits per heavy atom. The molecule has 3 rings (SSSR count). The van der Waals surface area contributed by atoms with Crippen LogP contribution in [0.4, 0.5) is 11.4 Å². The van der Waals surface area contributed by atoms with Gasteiger partial charge in [0.2, 0.25) is 0 Å². The number of rotatable bonds is 3. The summed E-state index contributed by atoms with van der Waals surface area (Å²) in [7, 11) is 0. The van der Waals surface area contributed by atoms with Crippen LogP contribution >= 0.6 is 0 Å². The zero-order valence-corrected chi connectivity index (χ0v) is 10.9. The lowest BCUT2D eigenvalue weighted by Gasteiger charge is -2.06. The van der Waals surface area contributed by atoms with Crippen LogP contribution < -0.4 is 5.73 Å². The maximum atomic E-state index is 10.7. The van der Waals surface area contributed by atoms with Crippen LogP contribution in [0.2, 0.25) is 0 Å². The summed E-state index contributed by atoms with van der Waals surface area (Å²) in [6, 6.07) is 13.5. The molecule has 0 saturated heterocycles. The first-order chi connectivity index (χ1) is 10.1. The van der Waals surface area contributed by atoms with Crippen molar-refractivity contribution in [3.63, 3.8) is 0 Å². The molecule has 1 heterocycles. The fourth-order valence-corrected chi connectivity index (χ4v) is 2.03. The van der Waals surface area contributed by atoms with Gasteiger partial charge in [-0.1, -0.05) is 11.3 Å². The molecule has 0 aliphatic carbocycles. The molecule has 7 heteroatoms. The van der Waals surface area contributed by atoms with E-state index in [2.05, 4.69) is 10.3 Å². The molecule has 0 unspecified atom stereocenters. The molecule has 0 aliphatic heterocycles. The Morgan fingerprint density at radius 1 is 1.14 bits per heavy atom. The topological polar surface area (TPSA) is 99.9 Å². The van der Waals surface area contributed by atoms with Crippen LogP contribution in [-0.2, 0) is 0 Å². The molecule has 0 spiro atoms. The molecular weight excluding hydrogens is 270 g/mol. The zero-order chi connectivity index (χ0) is 14.8. The highest BCUT2D eigenvalue weighted by molar-refractivity contribution is 5.63. The van der Waals surface area contributed by atoms with Crippen LogP contribution in [0.1, 0.15) is 0 Å². The lowest BCUT2D eigenvalue weighted by molar-refractivity contribution is -0.384. The molecule has 0 aliphatic rings. The molecule has 2 N–H and O–H groups in total. The van der Waals surface area contributed by atoms with Gasteiger partial charge in [0.25, 0.3) is 5.69 Å². The van der Waals surface area contributed by atoms with Gasteiger partial charge >= 0.3 is 0 Å². The summed E-state index contributed by atoms with van der Waals surface area (Å²) in [5.74, 6) is 0. The fourth-order valence-electron chi connectivity index (χ4n) is 2.03. The van der Waals surface area contributed by atoms with E-state index in [1.807, 2.05) is 12.1 Å². The van der Waals surface area contributed by atoms with E-state index >= 15 is 0 Å². The minimum atomic E-state index is -0.433. The lowest BCUT2D eigenvalue weighted by Crippen LogP contribution is -2.00. The van der Waals surface area contributed by atoms with Gasteiger partial charge in [0, 0.05) is 23.4 Å². The fraction of sp³-hybridized carbons (Fsp3) is 0. The van der Waals surface area contributed by atoms with Gasteiger partial charge in [0.15, 0.2) is 0 Å². The summed E-state index contributed by atoms with van der Waals surface area (Å²) >= 11 is 0. The largest absolute Gasteiger partial charge is 0.399 e. The third kappa shape index (κ3) is 2.44. The first kappa shape index (κ1) is 12.8. The van der Waals surface area contributed by atoms with Crippen molar-refractivity contribution in [2.45, 2.75) is 0 Å². The summed E-state index contributed by atoms with van der Waals surface area (Å²) in [5, 5.41) is 18.6. The minimum Gasteiger partial charge on any atom is -0.399 e. The van der Waals surface area contributed by atoms with Gasteiger partial charge in [-0.05, 0) is 30.3 Å². The second-order valence-corrected chi connectivity index (χ2v) is 4.43. The summed E-state index contributed by atoms with van der Waals surface area (Å²) < 4.78 is 1.64. The highest BCUT2D eigenvalue weighted by atomic mass is 16.6. The monoisotopic (exact) mass is 281 g/mol. The quantitative estimate of drug-likeness (QED) is 0.451. The number of nitrogens with two attached hydrogens (primary N) is 1. The Morgan fingerprint density at radius 2 is 1.90 bits per heavy atom. The number of nitro benzene ring substituents is 1. The summed E-state index contributed by atoms with van der Waals surface area (Å²) in [6.07, 6.45) is 1.60. The first-order valence-electron chi connectivity index (χ1n) is 6.16. The first-order valence-corrected chi connectivity index (χ1v) is 6.16. The number of benzene rings is 2. The van der Waals surface area contributed by atoms with Crippen LogP contribution in [0.25, 0.3) is 16.9 Å². The molecule has 0 saturated carbocycles. The second-order valence-electron chi connectivity index (χ2n) is 4.43. The highest BCUT2D eigenvalue weighted by Gasteiger charge is 2.11. The maximum Gasteiger partial charge on any atom is 0.269 e. The highest BCUT2D eigenvalue weighted by Crippen LogP contribution is 2.24. The van der Waals surface area contributed by atoms with E-state index in [0.717, 1.165) is 16.9 Å². The van der Waals surface area contributed by atoms with E-state index in [4.69, 9.17) is 5.73 Å². The number of hydrogen-bond donors (Lipinski definition) is 1. The molecule has 7 nitrogen and oxygen atoms in total. The molecule has 0 amide bonds. The number of non-ortho nitro benzene ring substituents is 1. The molecule has 1 aromatic heterocycles. The number of nitrogens with zero attached hydrogens (tertiary/aromatic N) is 4. The normalized spacial score (nSPS) is 10.5. The van der Waals surface area contributed by atoms with Crippen molar-refractivity contribution in [2.75, 3.05) is 5.73 Å². The van der Waals surface area contributed by atoms with Crippen molar-refractivity contribution in [1.82, 2.24) is 15.0 Å². The van der Waals surface area contributed by atoms with E-state index in [9.17, 15) is 10.1 Å². The van der Waals surface area contributed by atoms with Crippen LogP contribution in [-0.4, -0.2) is 19.9 Å². The van der Waals surface area contributed by atoms with E-state index < -0.39 is 4.92 Å². The number of nitro groups is 1. The Balaban J connectivity index is 2.04. The molecule has 0 atom stereocenters. The second kappa shape index (κ2) is 5.04. The standard InChI is InChI=1S/C14H11N5O2/c15-11-2-1-3-13(8-11)18-14(9-16-17-18)10-4-6-12(7-5-10)19(20)21/h1-9H,15H2. The van der Waals surface area contributed by atoms with Crippen molar-refractivity contribution in [1.29, 1.82) is 0 Å². The van der Waals surface area contributed by atoms with Gasteiger partial charge in [-0.25, -0.2) is 4.68 Å². The van der Waals surface area contributed by atoms with Crippen LogP contribution in [0, 0.1) is 10.1 Å². The summed E-state index contributed by atoms with van der Waals surface area (Å²) in [4.78, 5) is 10.3. The summed E-state index contributed by atoms with van der Waals surface area (Å²) in [6.45, 7) is 0. The van der Waals surface area contributed by atoms with Gasteiger partial charge in [0.1, 0.15) is 0 Å². The molecule has 104 valence electrons. The van der Waals surface area contributed by atoms with Crippen molar-refractivity contribution in [2.24, 2.45) is 0 Å². The maximum absolute atomic E-state index is 10.7. The molecule has 0 bridgehead atoms. The van der Waals surface area contributed by atoms with Crippen molar-refractivity contribution < 1.29 is 4.92 Å². The van der Waals surface area contributed by atoms with Gasteiger partial charge < -0.3 is 5.73 Å². The molecule has 2 aromatic carbocycles. The number of anilines is 1. The van der Waals surface area contributed by atoms with Crippen molar-refractivity contribution in [3.05, 3.63) is 64.8 Å². The predicted octanol–water partition coefficient (Wildman–Crippen LogP) is 2.42. The molecule has 0 fully saturated rings. The Hall–Kier alpha value is -3.22. The summed E-state index contributed by atoms with van der Waals surface area (Å²) in [5.41, 5.74) is 8.73. The van der Waals surface area contributed by atoms with E-state index in [1.165, 1.54) is 12.1 Å². The Kier molecular flexibility index (Phi) is 3.07. The predicted molar refractivity (Wildman–Crippen MR) is 77.9 cm³/mol. The average molecular weight is 281 g/mol. The average Bonchev–Trinajstić information content (AvgIpc) is 2.97. The van der Waals surface area contributed by atoms with Gasteiger partial charge in [0.05, 0.1) is 22.5 Å². The third-order valence-corrected chi connectivity index (χ3v) is 3.04. The zero-order valence-electron chi connectivity index (χ0n) is 10.9. The number of nitrogen functional groups attached to an aromatic ring is 1. The SMILES string of the molecule is Nc1cccc(-n2nncc2-c2ccc([N+](=O)[O-])cc2)c1. The van der Waals surface area contributed by atoms with E-state index in [-0.39, 0.29) is 5.69 Å². The minimum absolute atomic E-state index is 0.0433. The van der Waals surface area contributed by atoms with Crippen molar-refractivity contribution >= 4 is 11.4 Å². The Bertz CT molecular complexity index is 795. The smallest absolute Gasteiger partial charge is 0.269 e. The van der Waals surface area contributed by atoms with Crippen LogP contribution in [0.5, 0.6) is 0 Å². The van der Waals surface area contributed by atoms with Crippen LogP contribution in [0.15, 0.2) is 54.7 Å². The van der Waals surface area contributed by atoms with E-state index in [1.54, 1.807) is 35.1 Å². The molecular formula is C14H11N5O2. The number of aromatic nitrogens is 3. The van der Waals surface area contributed by atoms with E-state index in [0.29, 0.717) is 5.69 Å². The van der Waals surface area contributed by atoms with Gasteiger partial charge in [-0.2, -0.15) is 0 Å². The molecule has 0 radical (unpaired) electrons. The van der Waals surface area contributed by atoms with Crippen molar-refractivity contribution in [3.8, 4) is 16.9 Å². The third-order valence-electron chi connectivity index (χ3n) is 3.04. The van der Waals surface area contributed by atoms with Crippen LogP contribution in [0.3, 0.4) is 0 Å². The Labute approximate surface area is 119 Å². The number of hydrogen-bond acceptors (Lipinski definition) is 5. The lowest BCUT2D eigenvalue weighted by atomic mass is 10.1. The molecule has 3 aromatic rings. The van der Waals surface area contributed by atoms with Gasteiger partial charge in [-0.3, -0.25) is 10.1 Å². The molecule has 21 heavy (non-hydrogen) atoms. The van der Waals surface area contributed by atoms with Gasteiger partial charge in [-0.15, -0.1) is 5.10 Å².